The molecule has 0 bridgehead atoms. The number of benzene rings is 2. The summed E-state index contributed by atoms with van der Waals surface area (Å²) in [5.41, 5.74) is 2.14. The zero-order valence-electron chi connectivity index (χ0n) is 15.0. The van der Waals surface area contributed by atoms with E-state index < -0.39 is 17.6 Å². The number of hydrogen-bond acceptors (Lipinski definition) is 5. The Morgan fingerprint density at radius 1 is 1.15 bits per heavy atom. The minimum absolute atomic E-state index is 0.274. The van der Waals surface area contributed by atoms with Crippen molar-refractivity contribution in [1.82, 2.24) is 10.2 Å². The first kappa shape index (κ1) is 18.6. The maximum atomic E-state index is 12.2. The van der Waals surface area contributed by atoms with Crippen molar-refractivity contribution in [2.75, 3.05) is 20.1 Å². The van der Waals surface area contributed by atoms with Crippen molar-refractivity contribution < 1.29 is 9.90 Å². The third kappa shape index (κ3) is 4.15. The van der Waals surface area contributed by atoms with Gasteiger partial charge in [-0.25, -0.2) is 0 Å². The fraction of sp³-hybridized carbons (Fsp3) is 0.286. The van der Waals surface area contributed by atoms with E-state index in [-0.39, 0.29) is 13.1 Å². The summed E-state index contributed by atoms with van der Waals surface area (Å²) in [5.74, 6) is -0.499. The van der Waals surface area contributed by atoms with Crippen LogP contribution >= 0.6 is 0 Å². The second-order valence-electron chi connectivity index (χ2n) is 6.95. The molecule has 1 aliphatic rings. The van der Waals surface area contributed by atoms with Crippen LogP contribution in [0.25, 0.3) is 11.1 Å². The van der Waals surface area contributed by atoms with Gasteiger partial charge >= 0.3 is 0 Å². The van der Waals surface area contributed by atoms with Crippen molar-refractivity contribution in [2.24, 2.45) is 0 Å². The molecule has 3 rings (SSSR count). The molecule has 6 nitrogen and oxygen atoms in total. The lowest BCUT2D eigenvalue weighted by Gasteiger charge is -2.43. The maximum absolute atomic E-state index is 12.2. The van der Waals surface area contributed by atoms with Gasteiger partial charge in [0.1, 0.15) is 6.04 Å². The molecule has 0 saturated carbocycles. The number of amides is 1. The molecule has 1 fully saturated rings. The number of hydrogen-bond donors (Lipinski definition) is 2. The summed E-state index contributed by atoms with van der Waals surface area (Å²) < 4.78 is 0. The molecule has 0 aromatic heterocycles. The number of likely N-dealkylation sites (tertiary alicyclic amines) is 1. The number of nitrogens with one attached hydrogen (secondary N) is 1. The summed E-state index contributed by atoms with van der Waals surface area (Å²) in [6.07, 6.45) is 0.363. The molecular formula is C21H20N4O2. The van der Waals surface area contributed by atoms with Crippen LogP contribution in [0.4, 0.5) is 0 Å². The SMILES string of the molecule is CN1CC(O)(C(=O)N[C@H](C#N)Cc2ccc(-c3ccc(C#N)cc3)cc2)C1. The van der Waals surface area contributed by atoms with Crippen LogP contribution in [0.2, 0.25) is 0 Å². The van der Waals surface area contributed by atoms with Gasteiger partial charge in [-0.15, -0.1) is 0 Å². The number of carbonyl (C=O) groups excluding carboxylic acids is 1. The molecule has 0 radical (unpaired) electrons. The fourth-order valence-corrected chi connectivity index (χ4v) is 3.22. The van der Waals surface area contributed by atoms with Crippen LogP contribution in [0.5, 0.6) is 0 Å². The number of carbonyl (C=O) groups is 1. The summed E-state index contributed by atoms with van der Waals surface area (Å²) in [6, 6.07) is 18.5. The van der Waals surface area contributed by atoms with Gasteiger partial charge in [0.15, 0.2) is 5.60 Å². The van der Waals surface area contributed by atoms with Gasteiger partial charge in [0.2, 0.25) is 0 Å². The van der Waals surface area contributed by atoms with Gasteiger partial charge in [-0.1, -0.05) is 36.4 Å². The second kappa shape index (κ2) is 7.59. The van der Waals surface area contributed by atoms with Crippen molar-refractivity contribution in [3.8, 4) is 23.3 Å². The Morgan fingerprint density at radius 3 is 2.19 bits per heavy atom. The van der Waals surface area contributed by atoms with Gasteiger partial charge < -0.3 is 10.4 Å². The molecule has 1 atom stereocenters. The van der Waals surface area contributed by atoms with Crippen LogP contribution in [-0.4, -0.2) is 47.7 Å². The lowest BCUT2D eigenvalue weighted by atomic mass is 9.93. The normalized spacial score (nSPS) is 16.4. The molecule has 1 amide bonds. The van der Waals surface area contributed by atoms with E-state index in [1.807, 2.05) is 48.3 Å². The van der Waals surface area contributed by atoms with Crippen molar-refractivity contribution in [1.29, 1.82) is 10.5 Å². The lowest BCUT2D eigenvalue weighted by molar-refractivity contribution is -0.157. The van der Waals surface area contributed by atoms with Crippen LogP contribution in [0.3, 0.4) is 0 Å². The Balaban J connectivity index is 1.63. The van der Waals surface area contributed by atoms with E-state index in [0.717, 1.165) is 16.7 Å². The molecule has 1 saturated heterocycles. The van der Waals surface area contributed by atoms with Gasteiger partial charge in [0.25, 0.3) is 5.91 Å². The number of rotatable bonds is 5. The van der Waals surface area contributed by atoms with Gasteiger partial charge in [-0.3, -0.25) is 9.69 Å². The van der Waals surface area contributed by atoms with E-state index >= 15 is 0 Å². The molecule has 0 unspecified atom stereocenters. The smallest absolute Gasteiger partial charge is 0.255 e. The molecule has 2 N–H and O–H groups in total. The van der Waals surface area contributed by atoms with E-state index in [1.54, 1.807) is 12.1 Å². The average molecular weight is 360 g/mol. The van der Waals surface area contributed by atoms with Gasteiger partial charge in [-0.05, 0) is 35.9 Å². The van der Waals surface area contributed by atoms with Crippen LogP contribution in [0, 0.1) is 22.7 Å². The first-order valence-corrected chi connectivity index (χ1v) is 8.64. The average Bonchev–Trinajstić information content (AvgIpc) is 2.67. The van der Waals surface area contributed by atoms with Crippen LogP contribution < -0.4 is 5.32 Å². The Morgan fingerprint density at radius 2 is 1.70 bits per heavy atom. The molecule has 0 aliphatic carbocycles. The van der Waals surface area contributed by atoms with Crippen molar-refractivity contribution in [3.05, 3.63) is 59.7 Å². The van der Waals surface area contributed by atoms with E-state index in [2.05, 4.69) is 17.5 Å². The minimum Gasteiger partial charge on any atom is -0.377 e. The molecule has 2 aromatic rings. The van der Waals surface area contributed by atoms with Crippen molar-refractivity contribution >= 4 is 5.91 Å². The molecule has 1 heterocycles. The lowest BCUT2D eigenvalue weighted by Crippen LogP contribution is -2.68. The Kier molecular flexibility index (Phi) is 5.23. The van der Waals surface area contributed by atoms with Gasteiger partial charge in [-0.2, -0.15) is 10.5 Å². The standard InChI is InChI=1S/C21H20N4O2/c1-25-13-21(27,14-25)20(26)24-19(12-23)10-15-2-6-17(7-3-15)18-8-4-16(11-22)5-9-18/h2-9,19,27H,10,13-14H2,1H3,(H,24,26)/t19-/m0/s1. The van der Waals surface area contributed by atoms with Gasteiger partial charge in [0.05, 0.1) is 17.7 Å². The third-order valence-electron chi connectivity index (χ3n) is 4.69. The Labute approximate surface area is 158 Å². The number of nitrogens with zero attached hydrogens (tertiary/aromatic N) is 3. The monoisotopic (exact) mass is 360 g/mol. The number of aliphatic hydroxyl groups is 1. The zero-order chi connectivity index (χ0) is 19.4. The summed E-state index contributed by atoms with van der Waals surface area (Å²) in [7, 11) is 1.82. The highest BCUT2D eigenvalue weighted by molar-refractivity contribution is 5.87. The largest absolute Gasteiger partial charge is 0.377 e. The zero-order valence-corrected chi connectivity index (χ0v) is 15.0. The third-order valence-corrected chi connectivity index (χ3v) is 4.69. The molecular weight excluding hydrogens is 340 g/mol. The topological polar surface area (TPSA) is 100 Å². The first-order chi connectivity index (χ1) is 12.9. The van der Waals surface area contributed by atoms with Crippen molar-refractivity contribution in [3.63, 3.8) is 0 Å². The van der Waals surface area contributed by atoms with E-state index in [4.69, 9.17) is 5.26 Å². The van der Waals surface area contributed by atoms with Crippen molar-refractivity contribution in [2.45, 2.75) is 18.1 Å². The first-order valence-electron chi connectivity index (χ1n) is 8.64. The fourth-order valence-electron chi connectivity index (χ4n) is 3.22. The predicted molar refractivity (Wildman–Crippen MR) is 100 cm³/mol. The molecule has 6 heteroatoms. The van der Waals surface area contributed by atoms with E-state index in [9.17, 15) is 15.2 Å². The predicted octanol–water partition coefficient (Wildman–Crippen LogP) is 1.45. The molecule has 2 aromatic carbocycles. The second-order valence-corrected chi connectivity index (χ2v) is 6.95. The molecule has 1 aliphatic heterocycles. The molecule has 27 heavy (non-hydrogen) atoms. The van der Waals surface area contributed by atoms with Gasteiger partial charge in [0, 0.05) is 19.5 Å². The highest BCUT2D eigenvalue weighted by atomic mass is 16.3. The number of nitriles is 2. The molecule has 0 spiro atoms. The summed E-state index contributed by atoms with van der Waals surface area (Å²) in [5, 5.41) is 31.0. The van der Waals surface area contributed by atoms with E-state index in [0.29, 0.717) is 12.0 Å². The Bertz CT molecular complexity index is 901. The Hall–Kier alpha value is -3.19. The highest BCUT2D eigenvalue weighted by Crippen LogP contribution is 2.21. The van der Waals surface area contributed by atoms with E-state index in [1.165, 1.54) is 0 Å². The number of β-amino-alcohol motifs (C(OH)–C–C–N with tert-alkyl or cyclic N) is 1. The quantitative estimate of drug-likeness (QED) is 0.841. The van der Waals surface area contributed by atoms with Crippen LogP contribution in [0.1, 0.15) is 11.1 Å². The van der Waals surface area contributed by atoms with Crippen LogP contribution in [-0.2, 0) is 11.2 Å². The molecule has 136 valence electrons. The number of likely N-dealkylation sites (N-methyl/N-ethyl adjacent to an activating group) is 1. The highest BCUT2D eigenvalue weighted by Gasteiger charge is 2.46. The summed E-state index contributed by atoms with van der Waals surface area (Å²) in [6.45, 7) is 0.548. The summed E-state index contributed by atoms with van der Waals surface area (Å²) in [4.78, 5) is 14.0. The summed E-state index contributed by atoms with van der Waals surface area (Å²) >= 11 is 0. The maximum Gasteiger partial charge on any atom is 0.255 e. The minimum atomic E-state index is -1.40. The van der Waals surface area contributed by atoms with Crippen LogP contribution in [0.15, 0.2) is 48.5 Å².